The molecule has 1 atom stereocenters. The molecule has 0 bridgehead atoms. The molecule has 2 aromatic rings. The van der Waals surface area contributed by atoms with Crippen molar-refractivity contribution in [3.05, 3.63) is 63.5 Å². The third kappa shape index (κ3) is 7.05. The molecule has 2 rings (SSSR count). The van der Waals surface area contributed by atoms with Gasteiger partial charge in [0.25, 0.3) is 5.56 Å². The molecular formula is C18H22ClF3N2OS. The van der Waals surface area contributed by atoms with Crippen LogP contribution in [0, 0.1) is 0 Å². The maximum Gasteiger partial charge on any atom is 0.407 e. The number of hydrogen-bond acceptors (Lipinski definition) is 3. The molecule has 0 aliphatic rings. The van der Waals surface area contributed by atoms with Crippen LogP contribution in [0.4, 0.5) is 13.2 Å². The Hall–Kier alpha value is -1.44. The highest BCUT2D eigenvalue weighted by molar-refractivity contribution is 7.80. The number of nitrogens with one attached hydrogen (secondary N) is 1. The van der Waals surface area contributed by atoms with Crippen LogP contribution in [0.15, 0.2) is 52.3 Å². The monoisotopic (exact) mass is 406 g/mol. The smallest absolute Gasteiger partial charge is 0.313 e. The minimum Gasteiger partial charge on any atom is -0.313 e. The van der Waals surface area contributed by atoms with E-state index in [1.807, 2.05) is 19.9 Å². The molecule has 0 aliphatic heterocycles. The number of benzene rings is 1. The highest BCUT2D eigenvalue weighted by atomic mass is 35.5. The van der Waals surface area contributed by atoms with Crippen LogP contribution in [0.2, 0.25) is 5.02 Å². The molecule has 0 spiro atoms. The number of nitrogens with zero attached hydrogens (tertiary/aromatic N) is 1. The minimum atomic E-state index is -4.29. The van der Waals surface area contributed by atoms with Gasteiger partial charge in [0.05, 0.1) is 0 Å². The third-order valence-electron chi connectivity index (χ3n) is 3.43. The van der Waals surface area contributed by atoms with Gasteiger partial charge in [0.2, 0.25) is 0 Å². The highest BCUT2D eigenvalue weighted by Crippen LogP contribution is 2.32. The van der Waals surface area contributed by atoms with Gasteiger partial charge < -0.3 is 9.88 Å². The second kappa shape index (κ2) is 10.0. The first-order valence-electron chi connectivity index (χ1n) is 8.03. The maximum atomic E-state index is 12.6. The zero-order chi connectivity index (χ0) is 19.9. The van der Waals surface area contributed by atoms with Gasteiger partial charge in [-0.25, -0.2) is 0 Å². The largest absolute Gasteiger partial charge is 0.407 e. The van der Waals surface area contributed by atoms with Gasteiger partial charge in [0.1, 0.15) is 6.04 Å². The Morgan fingerprint density at radius 1 is 1.19 bits per heavy atom. The molecule has 8 heteroatoms. The molecule has 1 N–H and O–H groups in total. The van der Waals surface area contributed by atoms with Crippen molar-refractivity contribution >= 4 is 24.2 Å². The normalized spacial score (nSPS) is 12.5. The molecule has 0 radical (unpaired) electrons. The zero-order valence-electron chi connectivity index (χ0n) is 14.7. The molecule has 1 aromatic carbocycles. The number of thiol groups is 1. The summed E-state index contributed by atoms with van der Waals surface area (Å²) in [7, 11) is 0. The quantitative estimate of drug-likeness (QED) is 0.678. The molecular weight excluding hydrogens is 385 g/mol. The Morgan fingerprint density at radius 3 is 2.19 bits per heavy atom. The van der Waals surface area contributed by atoms with Crippen LogP contribution in [0.5, 0.6) is 0 Å². The number of aromatic nitrogens is 1. The molecule has 0 saturated carbocycles. The van der Waals surface area contributed by atoms with E-state index in [-0.39, 0.29) is 23.7 Å². The summed E-state index contributed by atoms with van der Waals surface area (Å²) in [4.78, 5) is 11.9. The van der Waals surface area contributed by atoms with Crippen molar-refractivity contribution in [3.63, 3.8) is 0 Å². The van der Waals surface area contributed by atoms with Gasteiger partial charge in [-0.3, -0.25) is 4.79 Å². The van der Waals surface area contributed by atoms with E-state index in [1.54, 1.807) is 17.7 Å². The van der Waals surface area contributed by atoms with Crippen molar-refractivity contribution in [2.24, 2.45) is 0 Å². The molecule has 0 unspecified atom stereocenters. The van der Waals surface area contributed by atoms with Crippen molar-refractivity contribution in [2.45, 2.75) is 43.9 Å². The summed E-state index contributed by atoms with van der Waals surface area (Å²) in [6, 6.07) is 7.58. The molecule has 0 saturated heterocycles. The molecule has 26 heavy (non-hydrogen) atoms. The van der Waals surface area contributed by atoms with Gasteiger partial charge in [0.15, 0.2) is 0 Å². The van der Waals surface area contributed by atoms with E-state index in [2.05, 4.69) is 17.9 Å². The Kier molecular flexibility index (Phi) is 8.73. The third-order valence-corrected chi connectivity index (χ3v) is 3.96. The second-order valence-electron chi connectivity index (χ2n) is 5.81. The average molecular weight is 407 g/mol. The van der Waals surface area contributed by atoms with E-state index >= 15 is 0 Å². The number of halogens is 4. The Labute approximate surface area is 161 Å². The Balaban J connectivity index is 0.000000273. The van der Waals surface area contributed by atoms with Gasteiger partial charge in [-0.2, -0.15) is 13.2 Å². The molecule has 0 aliphatic carbocycles. The fourth-order valence-electron chi connectivity index (χ4n) is 2.19. The van der Waals surface area contributed by atoms with Crippen LogP contribution < -0.4 is 10.9 Å². The molecule has 0 fully saturated rings. The summed E-state index contributed by atoms with van der Waals surface area (Å²) in [5, 5.41) is 2.82. The highest BCUT2D eigenvalue weighted by Gasteiger charge is 2.39. The van der Waals surface area contributed by atoms with Gasteiger partial charge >= 0.3 is 6.18 Å². The number of pyridine rings is 1. The number of alkyl halides is 3. The lowest BCUT2D eigenvalue weighted by molar-refractivity contribution is -0.157. The summed E-state index contributed by atoms with van der Waals surface area (Å²) >= 11 is 9.66. The first kappa shape index (κ1) is 22.6. The van der Waals surface area contributed by atoms with E-state index in [0.717, 1.165) is 0 Å². The Morgan fingerprint density at radius 2 is 1.77 bits per heavy atom. The van der Waals surface area contributed by atoms with Crippen molar-refractivity contribution in [1.29, 1.82) is 0 Å². The Bertz CT molecular complexity index is 745. The van der Waals surface area contributed by atoms with E-state index in [1.165, 1.54) is 30.3 Å². The van der Waals surface area contributed by atoms with Gasteiger partial charge in [-0.1, -0.05) is 30.7 Å². The van der Waals surface area contributed by atoms with E-state index in [4.69, 9.17) is 11.6 Å². The van der Waals surface area contributed by atoms with Crippen LogP contribution in [0.25, 0.3) is 0 Å². The fraction of sp³-hybridized carbons (Fsp3) is 0.389. The van der Waals surface area contributed by atoms with Crippen LogP contribution in [-0.2, 0) is 0 Å². The van der Waals surface area contributed by atoms with E-state index in [9.17, 15) is 18.0 Å². The van der Waals surface area contributed by atoms with Gasteiger partial charge in [-0.15, -0.1) is 12.6 Å². The predicted molar refractivity (Wildman–Crippen MR) is 102 cm³/mol. The molecule has 1 aromatic heterocycles. The second-order valence-corrected chi connectivity index (χ2v) is 6.76. The topological polar surface area (TPSA) is 34.0 Å². The summed E-state index contributed by atoms with van der Waals surface area (Å²) in [5.74, 6) is 0. The van der Waals surface area contributed by atoms with E-state index < -0.39 is 12.2 Å². The first-order valence-corrected chi connectivity index (χ1v) is 8.85. The lowest BCUT2D eigenvalue weighted by Crippen LogP contribution is -2.33. The zero-order valence-corrected chi connectivity index (χ0v) is 16.4. The molecule has 144 valence electrons. The number of rotatable bonds is 4. The minimum absolute atomic E-state index is 0.00694. The van der Waals surface area contributed by atoms with E-state index in [0.29, 0.717) is 9.92 Å². The standard InChI is InChI=1S/C10H11ClF3N.C8H11NOS/c1-2-15-9(10(12,13)14)7-3-5-8(11)6-4-7;1-6(2)9-4-3-7(11)5-8(9)10/h3-6,9,15H,2H2,1H3;3-6,11H,1-2H3/t9-;/m1./s1. The van der Waals surface area contributed by atoms with Crippen molar-refractivity contribution in [3.8, 4) is 0 Å². The van der Waals surface area contributed by atoms with Crippen LogP contribution in [-0.4, -0.2) is 17.3 Å². The summed E-state index contributed by atoms with van der Waals surface area (Å²) in [6.07, 6.45) is -2.53. The summed E-state index contributed by atoms with van der Waals surface area (Å²) < 4.78 is 39.5. The van der Waals surface area contributed by atoms with Gasteiger partial charge in [0, 0.05) is 28.2 Å². The lowest BCUT2D eigenvalue weighted by atomic mass is 10.1. The molecule has 0 amide bonds. The number of hydrogen-bond donors (Lipinski definition) is 2. The predicted octanol–water partition coefficient (Wildman–Crippen LogP) is 5.27. The van der Waals surface area contributed by atoms with Crippen molar-refractivity contribution < 1.29 is 13.2 Å². The molecule has 3 nitrogen and oxygen atoms in total. The molecule has 1 heterocycles. The SMILES string of the molecule is CC(C)n1ccc(S)cc1=O.CCN[C@H](c1ccc(Cl)cc1)C(F)(F)F. The van der Waals surface area contributed by atoms with Crippen molar-refractivity contribution in [2.75, 3.05) is 6.54 Å². The maximum absolute atomic E-state index is 12.6. The summed E-state index contributed by atoms with van der Waals surface area (Å²) in [6.45, 7) is 5.83. The first-order chi connectivity index (χ1) is 12.1. The van der Waals surface area contributed by atoms with Crippen LogP contribution in [0.3, 0.4) is 0 Å². The fourth-order valence-corrected chi connectivity index (χ4v) is 2.49. The van der Waals surface area contributed by atoms with Crippen molar-refractivity contribution in [1.82, 2.24) is 9.88 Å². The lowest BCUT2D eigenvalue weighted by Gasteiger charge is -2.21. The van der Waals surface area contributed by atoms with Gasteiger partial charge in [-0.05, 0) is 44.2 Å². The average Bonchev–Trinajstić information content (AvgIpc) is 2.53. The van der Waals surface area contributed by atoms with Crippen LogP contribution in [0.1, 0.15) is 38.4 Å². The van der Waals surface area contributed by atoms with Crippen LogP contribution >= 0.6 is 24.2 Å². The summed E-state index contributed by atoms with van der Waals surface area (Å²) in [5.41, 5.74) is 0.182.